The van der Waals surface area contributed by atoms with Crippen molar-refractivity contribution in [1.29, 1.82) is 0 Å². The summed E-state index contributed by atoms with van der Waals surface area (Å²) in [5.41, 5.74) is 6.88. The highest BCUT2D eigenvalue weighted by atomic mass is 16.5. The smallest absolute Gasteiger partial charge is 0.226 e. The number of anilines is 2. The van der Waals surface area contributed by atoms with Crippen LogP contribution >= 0.6 is 0 Å². The van der Waals surface area contributed by atoms with Crippen LogP contribution in [0.2, 0.25) is 0 Å². The van der Waals surface area contributed by atoms with Crippen LogP contribution in [-0.2, 0) is 11.3 Å². The van der Waals surface area contributed by atoms with E-state index in [0.29, 0.717) is 30.1 Å². The Bertz CT molecular complexity index is 553. The van der Waals surface area contributed by atoms with Crippen LogP contribution < -0.4 is 15.8 Å². The molecule has 1 heterocycles. The Kier molecular flexibility index (Phi) is 3.97. The predicted molar refractivity (Wildman–Crippen MR) is 70.7 cm³/mol. The highest BCUT2D eigenvalue weighted by Crippen LogP contribution is 2.24. The van der Waals surface area contributed by atoms with Crippen molar-refractivity contribution in [2.45, 2.75) is 13.0 Å². The summed E-state index contributed by atoms with van der Waals surface area (Å²) >= 11 is 0. The number of nitrogens with two attached hydrogens (primary N) is 1. The molecule has 1 amide bonds. The topological polar surface area (TPSA) is 95.1 Å². The van der Waals surface area contributed by atoms with Gasteiger partial charge in [0.25, 0.3) is 0 Å². The summed E-state index contributed by atoms with van der Waals surface area (Å²) in [6.45, 7) is 0.484. The maximum atomic E-state index is 11.7. The molecule has 19 heavy (non-hydrogen) atoms. The number of benzene rings is 1. The number of rotatable bonds is 5. The van der Waals surface area contributed by atoms with Crippen molar-refractivity contribution in [1.82, 2.24) is 15.0 Å². The van der Waals surface area contributed by atoms with Crippen molar-refractivity contribution in [2.24, 2.45) is 0 Å². The average molecular weight is 261 g/mol. The highest BCUT2D eigenvalue weighted by Gasteiger charge is 2.06. The van der Waals surface area contributed by atoms with Crippen LogP contribution in [0.5, 0.6) is 5.75 Å². The van der Waals surface area contributed by atoms with Crippen LogP contribution in [0.15, 0.2) is 30.6 Å². The maximum absolute atomic E-state index is 11.7. The van der Waals surface area contributed by atoms with E-state index >= 15 is 0 Å². The molecule has 0 saturated carbocycles. The van der Waals surface area contributed by atoms with Gasteiger partial charge in [0.2, 0.25) is 5.91 Å². The van der Waals surface area contributed by atoms with E-state index in [-0.39, 0.29) is 5.91 Å². The molecule has 1 aromatic heterocycles. The number of aryl methyl sites for hydroxylation is 1. The van der Waals surface area contributed by atoms with Gasteiger partial charge in [-0.25, -0.2) is 0 Å². The van der Waals surface area contributed by atoms with Crippen molar-refractivity contribution in [2.75, 3.05) is 18.2 Å². The minimum Gasteiger partial charge on any atom is -0.495 e. The quantitative estimate of drug-likeness (QED) is 0.780. The second-order valence-corrected chi connectivity index (χ2v) is 3.92. The number of methoxy groups -OCH3 is 1. The van der Waals surface area contributed by atoms with Gasteiger partial charge in [0.05, 0.1) is 25.5 Å². The number of aromatic nitrogens is 3. The van der Waals surface area contributed by atoms with E-state index in [4.69, 9.17) is 10.5 Å². The molecule has 0 atom stereocenters. The number of amides is 1. The molecule has 1 aromatic carbocycles. The summed E-state index contributed by atoms with van der Waals surface area (Å²) in [7, 11) is 1.53. The molecule has 7 nitrogen and oxygen atoms in total. The zero-order valence-corrected chi connectivity index (χ0v) is 10.5. The van der Waals surface area contributed by atoms with E-state index in [1.54, 1.807) is 35.3 Å². The van der Waals surface area contributed by atoms with Gasteiger partial charge in [-0.1, -0.05) is 5.21 Å². The van der Waals surface area contributed by atoms with E-state index in [1.165, 1.54) is 7.11 Å². The lowest BCUT2D eigenvalue weighted by Crippen LogP contribution is -2.15. The summed E-state index contributed by atoms with van der Waals surface area (Å²) in [5.74, 6) is 0.427. The molecular formula is C12H15N5O2. The summed E-state index contributed by atoms with van der Waals surface area (Å²) in [4.78, 5) is 11.7. The first kappa shape index (κ1) is 12.9. The van der Waals surface area contributed by atoms with Gasteiger partial charge >= 0.3 is 0 Å². The number of carbonyl (C=O) groups is 1. The fourth-order valence-corrected chi connectivity index (χ4v) is 1.58. The Hall–Kier alpha value is -2.57. The first-order valence-corrected chi connectivity index (χ1v) is 5.76. The molecule has 0 bridgehead atoms. The SMILES string of the molecule is COc1cc(NC(=O)CCn2ccnn2)ccc1N. The number of nitrogens with zero attached hydrogens (tertiary/aromatic N) is 3. The number of nitrogens with one attached hydrogen (secondary N) is 1. The van der Waals surface area contributed by atoms with Gasteiger partial charge in [-0.15, -0.1) is 5.10 Å². The Balaban J connectivity index is 1.91. The molecule has 7 heteroatoms. The van der Waals surface area contributed by atoms with Crippen molar-refractivity contribution in [3.63, 3.8) is 0 Å². The van der Waals surface area contributed by atoms with E-state index in [9.17, 15) is 4.79 Å². The number of hydrogen-bond donors (Lipinski definition) is 2. The molecule has 0 saturated heterocycles. The van der Waals surface area contributed by atoms with Crippen LogP contribution in [0.3, 0.4) is 0 Å². The lowest BCUT2D eigenvalue weighted by atomic mass is 10.2. The van der Waals surface area contributed by atoms with Crippen LogP contribution in [0.4, 0.5) is 11.4 Å². The molecule has 0 fully saturated rings. The van der Waals surface area contributed by atoms with E-state index in [2.05, 4.69) is 15.6 Å². The van der Waals surface area contributed by atoms with Gasteiger partial charge in [-0.2, -0.15) is 0 Å². The van der Waals surface area contributed by atoms with E-state index < -0.39 is 0 Å². The van der Waals surface area contributed by atoms with Crippen LogP contribution in [0.1, 0.15) is 6.42 Å². The fourth-order valence-electron chi connectivity index (χ4n) is 1.58. The van der Waals surface area contributed by atoms with Gasteiger partial charge in [-0.05, 0) is 12.1 Å². The lowest BCUT2D eigenvalue weighted by molar-refractivity contribution is -0.116. The first-order chi connectivity index (χ1) is 9.19. The molecule has 2 aromatic rings. The Morgan fingerprint density at radius 1 is 1.53 bits per heavy atom. The number of carbonyl (C=O) groups excluding carboxylic acids is 1. The number of ether oxygens (including phenoxy) is 1. The van der Waals surface area contributed by atoms with Crippen molar-refractivity contribution < 1.29 is 9.53 Å². The third-order valence-corrected chi connectivity index (χ3v) is 2.56. The van der Waals surface area contributed by atoms with Gasteiger partial charge < -0.3 is 15.8 Å². The Morgan fingerprint density at radius 2 is 2.37 bits per heavy atom. The summed E-state index contributed by atoms with van der Waals surface area (Å²) in [6.07, 6.45) is 3.60. The molecule has 0 unspecified atom stereocenters. The maximum Gasteiger partial charge on any atom is 0.226 e. The second kappa shape index (κ2) is 5.85. The summed E-state index contributed by atoms with van der Waals surface area (Å²) in [5, 5.41) is 10.2. The average Bonchev–Trinajstić information content (AvgIpc) is 2.92. The van der Waals surface area contributed by atoms with Crippen molar-refractivity contribution >= 4 is 17.3 Å². The lowest BCUT2D eigenvalue weighted by Gasteiger charge is -2.09. The highest BCUT2D eigenvalue weighted by molar-refractivity contribution is 5.91. The standard InChI is InChI=1S/C12H15N5O2/c1-19-11-8-9(2-3-10(11)13)15-12(18)4-6-17-7-5-14-16-17/h2-3,5,7-8H,4,6,13H2,1H3,(H,15,18). The predicted octanol–water partition coefficient (Wildman–Crippen LogP) is 0.898. The molecule has 0 radical (unpaired) electrons. The van der Waals surface area contributed by atoms with Gasteiger partial charge in [0.15, 0.2) is 0 Å². The number of hydrogen-bond acceptors (Lipinski definition) is 5. The van der Waals surface area contributed by atoms with Crippen LogP contribution in [0, 0.1) is 0 Å². The van der Waals surface area contributed by atoms with Gasteiger partial charge in [-0.3, -0.25) is 9.48 Å². The second-order valence-electron chi connectivity index (χ2n) is 3.92. The largest absolute Gasteiger partial charge is 0.495 e. The van der Waals surface area contributed by atoms with E-state index in [1.807, 2.05) is 0 Å². The first-order valence-electron chi connectivity index (χ1n) is 5.76. The van der Waals surface area contributed by atoms with Gasteiger partial charge in [0, 0.05) is 24.4 Å². The minimum absolute atomic E-state index is 0.109. The number of nitrogen functional groups attached to an aromatic ring is 1. The molecule has 0 aliphatic carbocycles. The minimum atomic E-state index is -0.109. The molecule has 0 aliphatic heterocycles. The molecule has 0 spiro atoms. The fraction of sp³-hybridized carbons (Fsp3) is 0.250. The Morgan fingerprint density at radius 3 is 3.05 bits per heavy atom. The molecule has 3 N–H and O–H groups in total. The van der Waals surface area contributed by atoms with Crippen molar-refractivity contribution in [3.8, 4) is 5.75 Å². The van der Waals surface area contributed by atoms with Gasteiger partial charge in [0.1, 0.15) is 5.75 Å². The zero-order valence-electron chi connectivity index (χ0n) is 10.5. The van der Waals surface area contributed by atoms with E-state index in [0.717, 1.165) is 0 Å². The summed E-state index contributed by atoms with van der Waals surface area (Å²) in [6, 6.07) is 5.10. The zero-order chi connectivity index (χ0) is 13.7. The Labute approximate surface area is 110 Å². The normalized spacial score (nSPS) is 10.2. The molecule has 100 valence electrons. The molecular weight excluding hydrogens is 246 g/mol. The molecule has 2 rings (SSSR count). The van der Waals surface area contributed by atoms with Crippen LogP contribution in [0.25, 0.3) is 0 Å². The molecule has 0 aliphatic rings. The third-order valence-electron chi connectivity index (χ3n) is 2.56. The monoisotopic (exact) mass is 261 g/mol. The van der Waals surface area contributed by atoms with Crippen LogP contribution in [-0.4, -0.2) is 28.0 Å². The van der Waals surface area contributed by atoms with Crippen molar-refractivity contribution in [3.05, 3.63) is 30.6 Å². The third kappa shape index (κ3) is 3.44. The summed E-state index contributed by atoms with van der Waals surface area (Å²) < 4.78 is 6.69.